The van der Waals surface area contributed by atoms with Crippen molar-refractivity contribution in [2.75, 3.05) is 44.3 Å². The van der Waals surface area contributed by atoms with Gasteiger partial charge in [-0.1, -0.05) is 41.7 Å². The number of hydrogen-bond acceptors (Lipinski definition) is 6. The summed E-state index contributed by atoms with van der Waals surface area (Å²) in [6, 6.07) is 23.2. The molecule has 1 aromatic heterocycles. The van der Waals surface area contributed by atoms with Gasteiger partial charge in [-0.2, -0.15) is 0 Å². The number of aromatic nitrogens is 1. The lowest BCUT2D eigenvalue weighted by atomic mass is 10.2. The predicted octanol–water partition coefficient (Wildman–Crippen LogP) is 5.77. The fourth-order valence-electron chi connectivity index (χ4n) is 4.17. The first kappa shape index (κ1) is 23.5. The lowest BCUT2D eigenvalue weighted by Crippen LogP contribution is -2.39. The summed E-state index contributed by atoms with van der Waals surface area (Å²) in [5.41, 5.74) is 2.69. The second-order valence-electron chi connectivity index (χ2n) is 8.67. The predicted molar refractivity (Wildman–Crippen MR) is 141 cm³/mol. The maximum absolute atomic E-state index is 13.8. The van der Waals surface area contributed by atoms with Gasteiger partial charge < -0.3 is 9.47 Å². The number of aryl methyl sites for hydroxylation is 1. The van der Waals surface area contributed by atoms with Crippen LogP contribution in [0.1, 0.15) is 22.3 Å². The van der Waals surface area contributed by atoms with E-state index in [9.17, 15) is 4.79 Å². The van der Waals surface area contributed by atoms with Crippen LogP contribution in [-0.2, 0) is 4.74 Å². The zero-order valence-corrected chi connectivity index (χ0v) is 20.7. The highest BCUT2D eigenvalue weighted by Gasteiger charge is 2.22. The van der Waals surface area contributed by atoms with Gasteiger partial charge in [-0.05, 0) is 61.4 Å². The number of thiazole rings is 1. The van der Waals surface area contributed by atoms with E-state index in [-0.39, 0.29) is 5.91 Å². The summed E-state index contributed by atoms with van der Waals surface area (Å²) >= 11 is 1.56. The Hall–Kier alpha value is -3.26. The van der Waals surface area contributed by atoms with Crippen LogP contribution >= 0.6 is 11.3 Å². The molecule has 1 aliphatic heterocycles. The van der Waals surface area contributed by atoms with Crippen LogP contribution in [-0.4, -0.2) is 55.2 Å². The van der Waals surface area contributed by atoms with Gasteiger partial charge in [-0.25, -0.2) is 4.98 Å². The molecule has 0 spiro atoms. The molecule has 6 nitrogen and oxygen atoms in total. The number of carbonyl (C=O) groups is 1. The summed E-state index contributed by atoms with van der Waals surface area (Å²) < 4.78 is 12.5. The molecule has 35 heavy (non-hydrogen) atoms. The number of ether oxygens (including phenoxy) is 2. The van der Waals surface area contributed by atoms with Crippen LogP contribution in [0, 0.1) is 6.92 Å². The van der Waals surface area contributed by atoms with Crippen molar-refractivity contribution < 1.29 is 14.3 Å². The van der Waals surface area contributed by atoms with Crippen LogP contribution < -0.4 is 9.64 Å². The minimum Gasteiger partial charge on any atom is -0.457 e. The number of nitrogens with zero attached hydrogens (tertiary/aromatic N) is 3. The van der Waals surface area contributed by atoms with Crippen LogP contribution in [0.2, 0.25) is 0 Å². The molecule has 0 unspecified atom stereocenters. The monoisotopic (exact) mass is 487 g/mol. The lowest BCUT2D eigenvalue weighted by Gasteiger charge is -2.27. The molecule has 3 aromatic carbocycles. The van der Waals surface area contributed by atoms with Crippen molar-refractivity contribution in [3.8, 4) is 11.5 Å². The molecule has 7 heteroatoms. The Labute approximate surface area is 209 Å². The molecule has 1 amide bonds. The Morgan fingerprint density at radius 2 is 1.83 bits per heavy atom. The van der Waals surface area contributed by atoms with Gasteiger partial charge in [0.1, 0.15) is 11.5 Å². The van der Waals surface area contributed by atoms with Crippen LogP contribution in [0.25, 0.3) is 10.2 Å². The van der Waals surface area contributed by atoms with Crippen LogP contribution in [0.3, 0.4) is 0 Å². The normalized spacial score (nSPS) is 14.2. The van der Waals surface area contributed by atoms with E-state index in [1.165, 1.54) is 5.56 Å². The van der Waals surface area contributed by atoms with E-state index in [0.29, 0.717) is 17.9 Å². The van der Waals surface area contributed by atoms with Crippen molar-refractivity contribution in [3.05, 3.63) is 83.9 Å². The standard InChI is InChI=1S/C28H29N3O3S/c1-21-11-12-25-26(19-21)35-28(29-25)31(14-6-13-30-15-17-33-18-16-30)27(32)22-7-5-10-24(20-22)34-23-8-3-2-4-9-23/h2-5,7-12,19-20H,6,13-18H2,1H3. The zero-order valence-electron chi connectivity index (χ0n) is 19.9. The van der Waals surface area contributed by atoms with Crippen LogP contribution in [0.15, 0.2) is 72.8 Å². The molecule has 0 saturated carbocycles. The number of benzene rings is 3. The number of hydrogen-bond donors (Lipinski definition) is 0. The topological polar surface area (TPSA) is 54.9 Å². The van der Waals surface area contributed by atoms with E-state index in [4.69, 9.17) is 14.5 Å². The first-order valence-electron chi connectivity index (χ1n) is 12.0. The molecule has 4 aromatic rings. The number of anilines is 1. The molecule has 180 valence electrons. The minimum atomic E-state index is -0.0683. The van der Waals surface area contributed by atoms with Crippen LogP contribution in [0.4, 0.5) is 5.13 Å². The van der Waals surface area contributed by atoms with Gasteiger partial charge in [0.15, 0.2) is 5.13 Å². The summed E-state index contributed by atoms with van der Waals surface area (Å²) in [7, 11) is 0. The number of amides is 1. The molecule has 5 rings (SSSR count). The van der Waals surface area contributed by atoms with Gasteiger partial charge >= 0.3 is 0 Å². The van der Waals surface area contributed by atoms with E-state index in [1.807, 2.05) is 65.6 Å². The Bertz CT molecular complexity index is 1290. The van der Waals surface area contributed by atoms with Gasteiger partial charge in [0, 0.05) is 31.7 Å². The molecule has 2 heterocycles. The summed E-state index contributed by atoms with van der Waals surface area (Å²) in [5.74, 6) is 1.30. The Balaban J connectivity index is 1.38. The molecule has 1 saturated heterocycles. The summed E-state index contributed by atoms with van der Waals surface area (Å²) in [6.07, 6.45) is 0.862. The smallest absolute Gasteiger partial charge is 0.260 e. The third kappa shape index (κ3) is 5.88. The first-order chi connectivity index (χ1) is 17.2. The van der Waals surface area contributed by atoms with E-state index in [0.717, 1.165) is 60.4 Å². The molecule has 0 radical (unpaired) electrons. The lowest BCUT2D eigenvalue weighted by molar-refractivity contribution is 0.0376. The second-order valence-corrected chi connectivity index (χ2v) is 9.68. The highest BCUT2D eigenvalue weighted by atomic mass is 32.1. The molecule has 0 bridgehead atoms. The number of rotatable bonds is 8. The van der Waals surface area contributed by atoms with Gasteiger partial charge in [0.05, 0.1) is 23.4 Å². The van der Waals surface area contributed by atoms with Gasteiger partial charge in [-0.3, -0.25) is 14.6 Å². The van der Waals surface area contributed by atoms with Gasteiger partial charge in [0.25, 0.3) is 5.91 Å². The third-order valence-corrected chi connectivity index (χ3v) is 7.07. The average Bonchev–Trinajstić information content (AvgIpc) is 3.30. The maximum atomic E-state index is 13.8. The van der Waals surface area contributed by atoms with Crippen molar-refractivity contribution in [1.29, 1.82) is 0 Å². The summed E-state index contributed by atoms with van der Waals surface area (Å²) in [5, 5.41) is 0.729. The molecular formula is C28H29N3O3S. The molecule has 1 aliphatic rings. The number of morpholine rings is 1. The highest BCUT2D eigenvalue weighted by molar-refractivity contribution is 7.22. The van der Waals surface area contributed by atoms with Crippen molar-refractivity contribution in [2.24, 2.45) is 0 Å². The second kappa shape index (κ2) is 11.0. The van der Waals surface area contributed by atoms with Crippen molar-refractivity contribution in [2.45, 2.75) is 13.3 Å². The van der Waals surface area contributed by atoms with E-state index in [1.54, 1.807) is 11.3 Å². The van der Waals surface area contributed by atoms with Crippen molar-refractivity contribution >= 4 is 32.6 Å². The van der Waals surface area contributed by atoms with E-state index < -0.39 is 0 Å². The SMILES string of the molecule is Cc1ccc2nc(N(CCCN3CCOCC3)C(=O)c3cccc(Oc4ccccc4)c3)sc2c1. The summed E-state index contributed by atoms with van der Waals surface area (Å²) in [4.78, 5) is 22.8. The third-order valence-electron chi connectivity index (χ3n) is 6.03. The minimum absolute atomic E-state index is 0.0683. The average molecular weight is 488 g/mol. The number of fused-ring (bicyclic) bond motifs is 1. The molecule has 0 aliphatic carbocycles. The van der Waals surface area contributed by atoms with Crippen LogP contribution in [0.5, 0.6) is 11.5 Å². The number of para-hydroxylation sites is 1. The van der Waals surface area contributed by atoms with E-state index in [2.05, 4.69) is 24.0 Å². The highest BCUT2D eigenvalue weighted by Crippen LogP contribution is 2.31. The molecular weight excluding hydrogens is 458 g/mol. The Kier molecular flexibility index (Phi) is 7.37. The fourth-order valence-corrected chi connectivity index (χ4v) is 5.26. The first-order valence-corrected chi connectivity index (χ1v) is 12.8. The fraction of sp³-hybridized carbons (Fsp3) is 0.286. The van der Waals surface area contributed by atoms with E-state index >= 15 is 0 Å². The Morgan fingerprint density at radius 3 is 2.66 bits per heavy atom. The van der Waals surface area contributed by atoms with Gasteiger partial charge in [-0.15, -0.1) is 0 Å². The molecule has 0 N–H and O–H groups in total. The molecule has 0 atom stereocenters. The summed E-state index contributed by atoms with van der Waals surface area (Å²) in [6.45, 7) is 7.01. The molecule has 1 fully saturated rings. The largest absolute Gasteiger partial charge is 0.457 e. The number of carbonyl (C=O) groups excluding carboxylic acids is 1. The van der Waals surface area contributed by atoms with Gasteiger partial charge in [0.2, 0.25) is 0 Å². The van der Waals surface area contributed by atoms with Crippen molar-refractivity contribution in [3.63, 3.8) is 0 Å². The maximum Gasteiger partial charge on any atom is 0.260 e. The zero-order chi connectivity index (χ0) is 24.0. The Morgan fingerprint density at radius 1 is 1.03 bits per heavy atom. The quantitative estimate of drug-likeness (QED) is 0.316. The van der Waals surface area contributed by atoms with Crippen molar-refractivity contribution in [1.82, 2.24) is 9.88 Å².